The molecule has 0 unspecified atom stereocenters. The molecule has 0 N–H and O–H groups in total. The van der Waals surface area contributed by atoms with Crippen LogP contribution in [-0.2, 0) is 0 Å². The molecule has 0 bridgehead atoms. The van der Waals surface area contributed by atoms with Gasteiger partial charge in [0.25, 0.3) is 0 Å². The molecule has 0 spiro atoms. The Morgan fingerprint density at radius 3 is 2.58 bits per heavy atom. The second kappa shape index (κ2) is 4.59. The maximum Gasteiger partial charge on any atom is 0.161 e. The molecule has 0 aliphatic heterocycles. The van der Waals surface area contributed by atoms with Crippen molar-refractivity contribution in [3.05, 3.63) is 59.0 Å². The number of hydrogen-bond acceptors (Lipinski definition) is 2. The third kappa shape index (κ3) is 2.06. The molecule has 0 saturated heterocycles. The van der Waals surface area contributed by atoms with Crippen molar-refractivity contribution >= 4 is 22.5 Å². The topological polar surface area (TPSA) is 25.8 Å². The van der Waals surface area contributed by atoms with Gasteiger partial charge in [0.1, 0.15) is 16.5 Å². The van der Waals surface area contributed by atoms with E-state index in [-0.39, 0.29) is 10.7 Å². The molecule has 0 amide bonds. The largest absolute Gasteiger partial charge is 0.225 e. The second-order valence-electron chi connectivity index (χ2n) is 4.29. The van der Waals surface area contributed by atoms with Gasteiger partial charge in [-0.15, -0.1) is 0 Å². The van der Waals surface area contributed by atoms with Crippen LogP contribution < -0.4 is 0 Å². The molecule has 0 saturated carbocycles. The number of aromatic nitrogens is 2. The molecular weight excluding hydrogens is 263 g/mol. The Labute approximate surface area is 114 Å². The van der Waals surface area contributed by atoms with Crippen LogP contribution in [0.15, 0.2) is 42.5 Å². The first-order chi connectivity index (χ1) is 9.16. The highest BCUT2D eigenvalue weighted by molar-refractivity contribution is 6.34. The Balaban J connectivity index is 2.33. The predicted octanol–water partition coefficient (Wildman–Crippen LogP) is 4.40. The van der Waals surface area contributed by atoms with Crippen LogP contribution in [0.4, 0.5) is 4.39 Å². The zero-order valence-corrected chi connectivity index (χ0v) is 10.9. The summed E-state index contributed by atoms with van der Waals surface area (Å²) in [5.41, 5.74) is 2.13. The van der Waals surface area contributed by atoms with E-state index < -0.39 is 5.82 Å². The van der Waals surface area contributed by atoms with E-state index in [1.54, 1.807) is 12.1 Å². The zero-order chi connectivity index (χ0) is 13.4. The van der Waals surface area contributed by atoms with Gasteiger partial charge in [0, 0.05) is 10.9 Å². The minimum Gasteiger partial charge on any atom is -0.225 e. The lowest BCUT2D eigenvalue weighted by atomic mass is 10.1. The smallest absolute Gasteiger partial charge is 0.161 e. The van der Waals surface area contributed by atoms with Crippen LogP contribution in [0.25, 0.3) is 22.3 Å². The predicted molar refractivity (Wildman–Crippen MR) is 74.7 cm³/mol. The molecule has 0 radical (unpaired) electrons. The number of hydrogen-bond donors (Lipinski definition) is 0. The Bertz CT molecular complexity index is 771. The number of fused-ring (bicyclic) bond motifs is 1. The third-order valence-electron chi connectivity index (χ3n) is 3.02. The first kappa shape index (κ1) is 12.1. The SMILES string of the molecule is Cc1ccccc1-c1nc(Cl)c2cccc(F)c2n1. The van der Waals surface area contributed by atoms with E-state index in [1.807, 2.05) is 31.2 Å². The van der Waals surface area contributed by atoms with Crippen molar-refractivity contribution in [3.8, 4) is 11.4 Å². The van der Waals surface area contributed by atoms with Crippen molar-refractivity contribution in [1.82, 2.24) is 9.97 Å². The summed E-state index contributed by atoms with van der Waals surface area (Å²) in [5, 5.41) is 0.793. The fraction of sp³-hybridized carbons (Fsp3) is 0.0667. The molecule has 0 aliphatic rings. The summed E-state index contributed by atoms with van der Waals surface area (Å²) >= 11 is 6.12. The van der Waals surface area contributed by atoms with E-state index in [0.29, 0.717) is 11.2 Å². The van der Waals surface area contributed by atoms with Crippen LogP contribution in [0, 0.1) is 12.7 Å². The lowest BCUT2D eigenvalue weighted by Gasteiger charge is -2.07. The van der Waals surface area contributed by atoms with E-state index in [2.05, 4.69) is 9.97 Å². The number of para-hydroxylation sites is 1. The molecule has 0 atom stereocenters. The standard InChI is InChI=1S/C15H10ClFN2/c1-9-5-2-3-6-10(9)15-18-13-11(14(16)19-15)7-4-8-12(13)17/h2-8H,1H3. The Morgan fingerprint density at radius 1 is 1.00 bits per heavy atom. The van der Waals surface area contributed by atoms with Gasteiger partial charge >= 0.3 is 0 Å². The fourth-order valence-corrected chi connectivity index (χ4v) is 2.26. The molecule has 2 nitrogen and oxygen atoms in total. The summed E-state index contributed by atoms with van der Waals surface area (Å²) in [6.45, 7) is 1.96. The van der Waals surface area contributed by atoms with Gasteiger partial charge in [-0.1, -0.05) is 41.9 Å². The van der Waals surface area contributed by atoms with Gasteiger partial charge in [-0.25, -0.2) is 14.4 Å². The maximum atomic E-state index is 13.8. The van der Waals surface area contributed by atoms with Gasteiger partial charge < -0.3 is 0 Å². The number of aryl methyl sites for hydroxylation is 1. The molecular formula is C15H10ClFN2. The molecule has 0 fully saturated rings. The Hall–Kier alpha value is -2.00. The van der Waals surface area contributed by atoms with Crippen molar-refractivity contribution in [1.29, 1.82) is 0 Å². The van der Waals surface area contributed by atoms with E-state index in [4.69, 9.17) is 11.6 Å². The molecule has 19 heavy (non-hydrogen) atoms. The van der Waals surface area contributed by atoms with Crippen molar-refractivity contribution in [2.45, 2.75) is 6.92 Å². The Kier molecular flexibility index (Phi) is 2.91. The zero-order valence-electron chi connectivity index (χ0n) is 10.2. The van der Waals surface area contributed by atoms with Crippen LogP contribution in [0.2, 0.25) is 5.15 Å². The van der Waals surface area contributed by atoms with Gasteiger partial charge in [0.15, 0.2) is 5.82 Å². The highest BCUT2D eigenvalue weighted by Crippen LogP contribution is 2.27. The highest BCUT2D eigenvalue weighted by Gasteiger charge is 2.11. The maximum absolute atomic E-state index is 13.8. The number of rotatable bonds is 1. The molecule has 0 aliphatic carbocycles. The fourth-order valence-electron chi connectivity index (χ4n) is 2.02. The first-order valence-electron chi connectivity index (χ1n) is 5.84. The van der Waals surface area contributed by atoms with Crippen molar-refractivity contribution < 1.29 is 4.39 Å². The number of halogens is 2. The molecule has 94 valence electrons. The molecule has 4 heteroatoms. The summed E-state index contributed by atoms with van der Waals surface area (Å²) < 4.78 is 13.8. The first-order valence-corrected chi connectivity index (χ1v) is 6.22. The van der Waals surface area contributed by atoms with E-state index in [1.165, 1.54) is 6.07 Å². The van der Waals surface area contributed by atoms with Crippen molar-refractivity contribution in [2.24, 2.45) is 0 Å². The summed E-state index contributed by atoms with van der Waals surface area (Å²) in [7, 11) is 0. The van der Waals surface area contributed by atoms with Crippen molar-refractivity contribution in [2.75, 3.05) is 0 Å². The van der Waals surface area contributed by atoms with Crippen molar-refractivity contribution in [3.63, 3.8) is 0 Å². The van der Waals surface area contributed by atoms with Gasteiger partial charge in [0.2, 0.25) is 0 Å². The van der Waals surface area contributed by atoms with E-state index in [9.17, 15) is 4.39 Å². The van der Waals surface area contributed by atoms with Crippen LogP contribution >= 0.6 is 11.6 Å². The Morgan fingerprint density at radius 2 is 1.79 bits per heavy atom. The molecule has 3 aromatic rings. The highest BCUT2D eigenvalue weighted by atomic mass is 35.5. The van der Waals surface area contributed by atoms with Gasteiger partial charge in [-0.2, -0.15) is 0 Å². The normalized spacial score (nSPS) is 10.9. The summed E-state index contributed by atoms with van der Waals surface area (Å²) in [6.07, 6.45) is 0. The lowest BCUT2D eigenvalue weighted by Crippen LogP contribution is -1.95. The van der Waals surface area contributed by atoms with Gasteiger partial charge in [0.05, 0.1) is 0 Å². The minimum absolute atomic E-state index is 0.251. The van der Waals surface area contributed by atoms with E-state index in [0.717, 1.165) is 11.1 Å². The molecule has 3 rings (SSSR count). The summed E-state index contributed by atoms with van der Waals surface area (Å²) in [5.74, 6) is 0.0531. The van der Waals surface area contributed by atoms with Crippen LogP contribution in [-0.4, -0.2) is 9.97 Å². The van der Waals surface area contributed by atoms with Gasteiger partial charge in [-0.3, -0.25) is 0 Å². The quantitative estimate of drug-likeness (QED) is 0.614. The second-order valence-corrected chi connectivity index (χ2v) is 4.65. The lowest BCUT2D eigenvalue weighted by molar-refractivity contribution is 0.636. The van der Waals surface area contributed by atoms with Crippen LogP contribution in [0.5, 0.6) is 0 Å². The molecule has 2 aromatic carbocycles. The monoisotopic (exact) mass is 272 g/mol. The number of nitrogens with zero attached hydrogens (tertiary/aromatic N) is 2. The van der Waals surface area contributed by atoms with E-state index >= 15 is 0 Å². The average Bonchev–Trinajstić information content (AvgIpc) is 2.40. The van der Waals surface area contributed by atoms with Crippen LogP contribution in [0.3, 0.4) is 0 Å². The van der Waals surface area contributed by atoms with Gasteiger partial charge in [-0.05, 0) is 24.6 Å². The number of benzene rings is 2. The summed E-state index contributed by atoms with van der Waals surface area (Å²) in [4.78, 5) is 8.56. The minimum atomic E-state index is -0.392. The summed E-state index contributed by atoms with van der Waals surface area (Å²) in [6, 6.07) is 12.4. The average molecular weight is 273 g/mol. The molecule has 1 aromatic heterocycles. The third-order valence-corrected chi connectivity index (χ3v) is 3.30. The van der Waals surface area contributed by atoms with Crippen LogP contribution in [0.1, 0.15) is 5.56 Å². The molecule has 1 heterocycles.